The predicted octanol–water partition coefficient (Wildman–Crippen LogP) is -3.22. The van der Waals surface area contributed by atoms with Crippen LogP contribution in [0.4, 0.5) is 0 Å². The van der Waals surface area contributed by atoms with Gasteiger partial charge in [0, 0.05) is 48.7 Å². The standard InChI is InChI=1S/C18H36N4O12S4/c23-35(24,25)9-1-5-19-13-20(6-2-10-36(26,27)28)16-21(14-19,7-3-11-37(29,30)31)18-22(15-19,17-20)8-4-12-38(32,33)34/h1-18H2. The molecule has 0 unspecified atom stereocenters. The highest BCUT2D eigenvalue weighted by Crippen LogP contribution is 2.44. The van der Waals surface area contributed by atoms with Crippen molar-refractivity contribution in [1.82, 2.24) is 0 Å². The lowest BCUT2D eigenvalue weighted by Crippen LogP contribution is -2.95. The summed E-state index contributed by atoms with van der Waals surface area (Å²) in [6.45, 7) is 3.99. The van der Waals surface area contributed by atoms with E-state index in [4.69, 9.17) is 0 Å². The van der Waals surface area contributed by atoms with Gasteiger partial charge in [-0.1, -0.05) is 0 Å². The first-order chi connectivity index (χ1) is 17.1. The minimum Gasteiger partial charge on any atom is -0.748 e. The molecule has 0 saturated carbocycles. The Bertz CT molecular complexity index is 1080. The molecule has 0 N–H and O–H groups in total. The van der Waals surface area contributed by atoms with Crippen molar-refractivity contribution in [2.75, 3.05) is 89.2 Å². The maximum Gasteiger partial charge on any atom is 0.225 e. The molecule has 0 amide bonds. The molecule has 38 heavy (non-hydrogen) atoms. The summed E-state index contributed by atoms with van der Waals surface area (Å²) in [5.41, 5.74) is 0. The Kier molecular flexibility index (Phi) is 9.02. The lowest BCUT2D eigenvalue weighted by molar-refractivity contribution is -1.43. The van der Waals surface area contributed by atoms with Gasteiger partial charge in [-0.25, -0.2) is 33.7 Å². The summed E-state index contributed by atoms with van der Waals surface area (Å²) in [5, 5.41) is 0. The minimum absolute atomic E-state index is 0.0602. The lowest BCUT2D eigenvalue weighted by Gasteiger charge is -2.68. The number of nitrogens with zero attached hydrogens (tertiary/aromatic N) is 4. The van der Waals surface area contributed by atoms with Gasteiger partial charge in [0.15, 0.2) is 0 Å². The summed E-state index contributed by atoms with van der Waals surface area (Å²) in [6.07, 6.45) is 0.241. The molecule has 4 heterocycles. The molecule has 0 atom stereocenters. The molecular formula is C18H36N4O12S4. The second-order valence-corrected chi connectivity index (χ2v) is 17.7. The van der Waals surface area contributed by atoms with E-state index in [9.17, 15) is 51.9 Å². The summed E-state index contributed by atoms with van der Waals surface area (Å²) in [4.78, 5) is 0. The summed E-state index contributed by atoms with van der Waals surface area (Å²) < 4.78 is 137. The second kappa shape index (κ2) is 10.7. The SMILES string of the molecule is O=S(=O)([O-])CCC[N+]12C[N+]3(CCCS(=O)(=O)[O-])C[N+](CCCS(=O)(=O)[O-])(C1)C[N+](CCCS(=O)(=O)[O-])(C2)C3. The zero-order valence-corrected chi connectivity index (χ0v) is 24.3. The summed E-state index contributed by atoms with van der Waals surface area (Å²) in [5.74, 6) is -2.32. The normalized spacial score (nSPS) is 33.6. The van der Waals surface area contributed by atoms with Crippen LogP contribution >= 0.6 is 0 Å². The van der Waals surface area contributed by atoms with Crippen molar-refractivity contribution >= 4 is 40.5 Å². The first-order valence-electron chi connectivity index (χ1n) is 12.2. The van der Waals surface area contributed by atoms with Crippen molar-refractivity contribution in [2.24, 2.45) is 0 Å². The van der Waals surface area contributed by atoms with Gasteiger partial charge in [0.2, 0.25) is 40.0 Å². The van der Waals surface area contributed by atoms with Crippen LogP contribution in [0.25, 0.3) is 0 Å². The lowest BCUT2D eigenvalue weighted by atomic mass is 10.1. The van der Waals surface area contributed by atoms with Crippen LogP contribution in [0, 0.1) is 0 Å². The monoisotopic (exact) mass is 628 g/mol. The molecule has 4 fully saturated rings. The van der Waals surface area contributed by atoms with Crippen molar-refractivity contribution < 1.29 is 69.8 Å². The smallest absolute Gasteiger partial charge is 0.225 e. The first-order valence-corrected chi connectivity index (χ1v) is 18.5. The molecule has 16 nitrogen and oxygen atoms in total. The zero-order chi connectivity index (χ0) is 28.7. The van der Waals surface area contributed by atoms with Gasteiger partial charge < -0.3 is 18.2 Å². The molecule has 0 aliphatic carbocycles. The molecule has 224 valence electrons. The molecule has 4 rings (SSSR count). The Morgan fingerprint density at radius 2 is 0.526 bits per heavy atom. The van der Waals surface area contributed by atoms with Crippen LogP contribution < -0.4 is 0 Å². The van der Waals surface area contributed by atoms with Gasteiger partial charge in [-0.15, -0.1) is 0 Å². The van der Waals surface area contributed by atoms with E-state index in [2.05, 4.69) is 0 Å². The minimum atomic E-state index is -4.47. The quantitative estimate of drug-likeness (QED) is 0.121. The van der Waals surface area contributed by atoms with Crippen molar-refractivity contribution in [3.8, 4) is 0 Å². The van der Waals surface area contributed by atoms with E-state index in [1.165, 1.54) is 0 Å². The molecule has 4 saturated heterocycles. The van der Waals surface area contributed by atoms with Gasteiger partial charge in [-0.2, -0.15) is 17.9 Å². The van der Waals surface area contributed by atoms with Gasteiger partial charge in [0.1, 0.15) is 0 Å². The van der Waals surface area contributed by atoms with E-state index >= 15 is 0 Å². The van der Waals surface area contributed by atoms with E-state index in [1.807, 2.05) is 0 Å². The third-order valence-corrected chi connectivity index (χ3v) is 10.9. The summed E-state index contributed by atoms with van der Waals surface area (Å²) in [6, 6.07) is 0. The van der Waals surface area contributed by atoms with E-state index < -0.39 is 63.5 Å². The maximum atomic E-state index is 11.3. The Morgan fingerprint density at radius 1 is 0.368 bits per heavy atom. The second-order valence-electron chi connectivity index (χ2n) is 11.6. The number of quaternary nitrogens is 4. The van der Waals surface area contributed by atoms with Crippen LogP contribution in [-0.2, 0) is 40.5 Å². The van der Waals surface area contributed by atoms with Crippen molar-refractivity contribution in [3.63, 3.8) is 0 Å². The first kappa shape index (κ1) is 32.0. The highest BCUT2D eigenvalue weighted by Gasteiger charge is 2.71. The Hall–Kier alpha value is -0.520. The molecule has 4 aliphatic heterocycles. The topological polar surface area (TPSA) is 229 Å². The largest absolute Gasteiger partial charge is 0.748 e. The number of hydrogen-bond acceptors (Lipinski definition) is 12. The van der Waals surface area contributed by atoms with Crippen molar-refractivity contribution in [2.45, 2.75) is 25.7 Å². The molecule has 0 aromatic heterocycles. The van der Waals surface area contributed by atoms with E-state index in [0.29, 0.717) is 84.1 Å². The third kappa shape index (κ3) is 9.26. The Labute approximate surface area is 224 Å². The fourth-order valence-electron chi connectivity index (χ4n) is 7.51. The van der Waals surface area contributed by atoms with Gasteiger partial charge in [-0.05, 0) is 0 Å². The third-order valence-electron chi connectivity index (χ3n) is 7.71. The fraction of sp³-hybridized carbons (Fsp3) is 1.00. The van der Waals surface area contributed by atoms with Crippen LogP contribution in [0.3, 0.4) is 0 Å². The highest BCUT2D eigenvalue weighted by molar-refractivity contribution is 7.86. The molecule has 0 aromatic carbocycles. The summed E-state index contributed by atoms with van der Waals surface area (Å²) >= 11 is 0. The van der Waals surface area contributed by atoms with Gasteiger partial charge in [-0.3, -0.25) is 0 Å². The molecule has 0 aromatic rings. The molecular weight excluding hydrogens is 592 g/mol. The number of hydrogen-bond donors (Lipinski definition) is 0. The zero-order valence-electron chi connectivity index (χ0n) is 21.0. The van der Waals surface area contributed by atoms with E-state index in [0.717, 1.165) is 0 Å². The van der Waals surface area contributed by atoms with Crippen molar-refractivity contribution in [1.29, 1.82) is 0 Å². The number of rotatable bonds is 16. The van der Waals surface area contributed by atoms with Crippen LogP contribution in [-0.4, -0.2) is 159 Å². The highest BCUT2D eigenvalue weighted by atomic mass is 32.2. The van der Waals surface area contributed by atoms with Crippen LogP contribution in [0.5, 0.6) is 0 Å². The molecule has 0 spiro atoms. The Balaban J connectivity index is 1.96. The molecule has 20 heteroatoms. The molecule has 4 bridgehead atoms. The molecule has 4 aliphatic rings. The summed E-state index contributed by atoms with van der Waals surface area (Å²) in [7, 11) is -17.9. The predicted molar refractivity (Wildman–Crippen MR) is 126 cm³/mol. The Morgan fingerprint density at radius 3 is 0.658 bits per heavy atom. The van der Waals surface area contributed by atoms with Gasteiger partial charge in [0.25, 0.3) is 0 Å². The maximum absolute atomic E-state index is 11.3. The van der Waals surface area contributed by atoms with Crippen LogP contribution in [0.2, 0.25) is 0 Å². The van der Waals surface area contributed by atoms with Gasteiger partial charge in [0.05, 0.1) is 66.7 Å². The van der Waals surface area contributed by atoms with Crippen LogP contribution in [0.1, 0.15) is 25.7 Å². The van der Waals surface area contributed by atoms with Crippen LogP contribution in [0.15, 0.2) is 0 Å². The van der Waals surface area contributed by atoms with Crippen molar-refractivity contribution in [3.05, 3.63) is 0 Å². The average Bonchev–Trinajstić information content (AvgIpc) is 2.61. The van der Waals surface area contributed by atoms with E-state index in [-0.39, 0.29) is 25.7 Å². The average molecular weight is 629 g/mol. The van der Waals surface area contributed by atoms with Gasteiger partial charge >= 0.3 is 0 Å². The fourth-order valence-corrected chi connectivity index (χ4v) is 9.44. The van der Waals surface area contributed by atoms with E-state index in [1.54, 1.807) is 0 Å². The molecule has 0 radical (unpaired) electrons.